The number of hydrogen-bond donors (Lipinski definition) is 1. The Balaban J connectivity index is 1.59. The van der Waals surface area contributed by atoms with E-state index in [9.17, 15) is 10.1 Å². The highest BCUT2D eigenvalue weighted by Crippen LogP contribution is 2.36. The lowest BCUT2D eigenvalue weighted by Crippen LogP contribution is -2.02. The van der Waals surface area contributed by atoms with Crippen LogP contribution in [0.25, 0.3) is 10.9 Å². The van der Waals surface area contributed by atoms with Crippen LogP contribution in [0.1, 0.15) is 18.2 Å². The summed E-state index contributed by atoms with van der Waals surface area (Å²) in [6.07, 6.45) is 3.09. The number of fused-ring (bicyclic) bond motifs is 1. The van der Waals surface area contributed by atoms with E-state index in [1.165, 1.54) is 18.5 Å². The van der Waals surface area contributed by atoms with Gasteiger partial charge < -0.3 is 14.8 Å². The number of halogens is 1. The second-order valence-corrected chi connectivity index (χ2v) is 7.48. The number of aryl methyl sites for hydroxylation is 1. The molecule has 0 spiro atoms. The van der Waals surface area contributed by atoms with Crippen molar-refractivity contribution in [2.75, 3.05) is 11.9 Å². The minimum Gasteiger partial charge on any atom is -0.487 e. The van der Waals surface area contributed by atoms with E-state index in [1.807, 2.05) is 19.1 Å². The third-order valence-electron chi connectivity index (χ3n) is 4.90. The van der Waals surface area contributed by atoms with Gasteiger partial charge in [0.2, 0.25) is 0 Å². The summed E-state index contributed by atoms with van der Waals surface area (Å²) in [4.78, 5) is 23.8. The normalized spacial score (nSPS) is 10.8. The Morgan fingerprint density at radius 3 is 2.70 bits per heavy atom. The van der Waals surface area contributed by atoms with E-state index >= 15 is 0 Å². The average molecular weight is 466 g/mol. The number of aromatic nitrogens is 3. The van der Waals surface area contributed by atoms with Gasteiger partial charge in [0.15, 0.2) is 5.75 Å². The first kappa shape index (κ1) is 22.2. The molecule has 0 saturated heterocycles. The smallest absolute Gasteiger partial charge is 0.311 e. The Bertz CT molecular complexity index is 1330. The van der Waals surface area contributed by atoms with Gasteiger partial charge in [-0.1, -0.05) is 17.7 Å². The van der Waals surface area contributed by atoms with Gasteiger partial charge in [-0.2, -0.15) is 0 Å². The lowest BCUT2D eigenvalue weighted by Gasteiger charge is -2.13. The van der Waals surface area contributed by atoms with Crippen molar-refractivity contribution in [3.05, 3.63) is 81.4 Å². The summed E-state index contributed by atoms with van der Waals surface area (Å²) in [7, 11) is 0. The number of nitrogens with one attached hydrogen (secondary N) is 1. The molecule has 0 aliphatic heterocycles. The van der Waals surface area contributed by atoms with Crippen molar-refractivity contribution < 1.29 is 14.4 Å². The van der Waals surface area contributed by atoms with Crippen molar-refractivity contribution >= 4 is 39.7 Å². The molecule has 4 aromatic rings. The number of ether oxygens (including phenoxy) is 2. The van der Waals surface area contributed by atoms with E-state index in [0.29, 0.717) is 46.4 Å². The highest BCUT2D eigenvalue weighted by molar-refractivity contribution is 6.33. The van der Waals surface area contributed by atoms with Gasteiger partial charge in [-0.25, -0.2) is 9.97 Å². The fraction of sp³-hybridized carbons (Fsp3) is 0.174. The quantitative estimate of drug-likeness (QED) is 0.263. The Morgan fingerprint density at radius 1 is 1.12 bits per heavy atom. The zero-order valence-corrected chi connectivity index (χ0v) is 18.7. The molecular weight excluding hydrogens is 446 g/mol. The summed E-state index contributed by atoms with van der Waals surface area (Å²) in [5.74, 6) is 1.12. The van der Waals surface area contributed by atoms with Crippen molar-refractivity contribution in [3.8, 4) is 11.5 Å². The van der Waals surface area contributed by atoms with E-state index in [0.717, 1.165) is 11.3 Å². The maximum absolute atomic E-state index is 11.5. The van der Waals surface area contributed by atoms with Crippen LogP contribution >= 0.6 is 11.6 Å². The average Bonchev–Trinajstić information content (AvgIpc) is 2.80. The lowest BCUT2D eigenvalue weighted by molar-refractivity contribution is -0.385. The monoisotopic (exact) mass is 465 g/mol. The molecule has 0 bridgehead atoms. The van der Waals surface area contributed by atoms with Crippen molar-refractivity contribution in [3.63, 3.8) is 0 Å². The number of hydrogen-bond acceptors (Lipinski definition) is 8. The second-order valence-electron chi connectivity index (χ2n) is 7.07. The lowest BCUT2D eigenvalue weighted by atomic mass is 10.2. The van der Waals surface area contributed by atoms with Crippen LogP contribution in [-0.4, -0.2) is 26.5 Å². The zero-order chi connectivity index (χ0) is 23.4. The number of nitrogens with zero attached hydrogens (tertiary/aromatic N) is 4. The van der Waals surface area contributed by atoms with Crippen molar-refractivity contribution in [1.29, 1.82) is 0 Å². The molecule has 0 unspecified atom stereocenters. The highest BCUT2D eigenvalue weighted by Gasteiger charge is 2.19. The fourth-order valence-electron chi connectivity index (χ4n) is 3.22. The van der Waals surface area contributed by atoms with Gasteiger partial charge in [-0.15, -0.1) is 0 Å². The van der Waals surface area contributed by atoms with Crippen LogP contribution in [0.3, 0.4) is 0 Å². The molecule has 0 amide bonds. The minimum atomic E-state index is -0.496. The van der Waals surface area contributed by atoms with E-state index < -0.39 is 4.92 Å². The highest BCUT2D eigenvalue weighted by atomic mass is 35.5. The second kappa shape index (κ2) is 9.66. The fourth-order valence-corrected chi connectivity index (χ4v) is 3.44. The molecule has 168 valence electrons. The predicted molar refractivity (Wildman–Crippen MR) is 125 cm³/mol. The third-order valence-corrected chi connectivity index (χ3v) is 5.21. The van der Waals surface area contributed by atoms with Crippen molar-refractivity contribution in [2.24, 2.45) is 0 Å². The van der Waals surface area contributed by atoms with Crippen molar-refractivity contribution in [1.82, 2.24) is 15.0 Å². The van der Waals surface area contributed by atoms with Gasteiger partial charge >= 0.3 is 5.69 Å². The molecule has 10 heteroatoms. The number of nitro groups is 1. The molecule has 2 aromatic heterocycles. The van der Waals surface area contributed by atoms with E-state index in [1.54, 1.807) is 31.3 Å². The molecule has 1 N–H and O–H groups in total. The van der Waals surface area contributed by atoms with Crippen LogP contribution < -0.4 is 14.8 Å². The molecule has 0 fully saturated rings. The molecule has 0 saturated carbocycles. The maximum atomic E-state index is 11.5. The van der Waals surface area contributed by atoms with Gasteiger partial charge in [0, 0.05) is 24.4 Å². The molecule has 0 radical (unpaired) electrons. The van der Waals surface area contributed by atoms with Crippen LogP contribution in [0.5, 0.6) is 11.5 Å². The van der Waals surface area contributed by atoms with Crippen LogP contribution in [0.2, 0.25) is 5.02 Å². The van der Waals surface area contributed by atoms with Gasteiger partial charge in [0.25, 0.3) is 0 Å². The SMILES string of the molecule is CCOc1cc2ncnc(Nc3ccc(OCc4ncccc4C)cc3Cl)c2cc1[N+](=O)[O-]. The summed E-state index contributed by atoms with van der Waals surface area (Å²) in [5, 5.41) is 15.5. The molecule has 4 rings (SSSR count). The summed E-state index contributed by atoms with van der Waals surface area (Å²) < 4.78 is 11.2. The van der Waals surface area contributed by atoms with E-state index in [2.05, 4.69) is 20.3 Å². The number of pyridine rings is 1. The number of anilines is 2. The maximum Gasteiger partial charge on any atom is 0.311 e. The Kier molecular flexibility index (Phi) is 6.50. The summed E-state index contributed by atoms with van der Waals surface area (Å²) >= 11 is 6.46. The Morgan fingerprint density at radius 2 is 1.97 bits per heavy atom. The molecule has 0 atom stereocenters. The van der Waals surface area contributed by atoms with Gasteiger partial charge in [-0.05, 0) is 37.6 Å². The Labute approximate surface area is 194 Å². The molecule has 9 nitrogen and oxygen atoms in total. The Hall–Kier alpha value is -3.98. The van der Waals surface area contributed by atoms with E-state index in [-0.39, 0.29) is 11.4 Å². The third kappa shape index (κ3) is 4.93. The van der Waals surface area contributed by atoms with Gasteiger partial charge in [-0.3, -0.25) is 15.1 Å². The molecule has 33 heavy (non-hydrogen) atoms. The van der Waals surface area contributed by atoms with Crippen LogP contribution in [-0.2, 0) is 6.61 Å². The largest absolute Gasteiger partial charge is 0.487 e. The topological polar surface area (TPSA) is 112 Å². The summed E-state index contributed by atoms with van der Waals surface area (Å²) in [6, 6.07) is 12.0. The standard InChI is InChI=1S/C23H20ClN5O4/c1-3-32-22-11-19-16(10-21(22)29(30)31)23(27-13-26-19)28-18-7-6-15(9-17(18)24)33-12-20-14(2)5-4-8-25-20/h4-11,13H,3,12H2,1-2H3,(H,26,27,28). The minimum absolute atomic E-state index is 0.155. The summed E-state index contributed by atoms with van der Waals surface area (Å²) in [6.45, 7) is 4.35. The zero-order valence-electron chi connectivity index (χ0n) is 17.9. The molecular formula is C23H20ClN5O4. The van der Waals surface area contributed by atoms with Gasteiger partial charge in [0.1, 0.15) is 24.5 Å². The summed E-state index contributed by atoms with van der Waals surface area (Å²) in [5.41, 5.74) is 2.79. The molecule has 0 aliphatic rings. The first-order valence-corrected chi connectivity index (χ1v) is 10.5. The molecule has 0 aliphatic carbocycles. The first-order chi connectivity index (χ1) is 16.0. The number of rotatable bonds is 8. The molecule has 2 heterocycles. The van der Waals surface area contributed by atoms with Gasteiger partial charge in [0.05, 0.1) is 38.8 Å². The van der Waals surface area contributed by atoms with Crippen LogP contribution in [0.15, 0.2) is 55.0 Å². The number of nitro benzene ring substituents is 1. The van der Waals surface area contributed by atoms with Crippen molar-refractivity contribution in [2.45, 2.75) is 20.5 Å². The van der Waals surface area contributed by atoms with Crippen LogP contribution in [0.4, 0.5) is 17.2 Å². The first-order valence-electron chi connectivity index (χ1n) is 10.1. The predicted octanol–water partition coefficient (Wildman–Crippen LogP) is 5.62. The van der Waals surface area contributed by atoms with E-state index in [4.69, 9.17) is 21.1 Å². The van der Waals surface area contributed by atoms with Crippen LogP contribution in [0, 0.1) is 17.0 Å². The number of benzene rings is 2. The molecule has 2 aromatic carbocycles.